The average Bonchev–Trinajstić information content (AvgIpc) is 3.29. The van der Waals surface area contributed by atoms with Gasteiger partial charge in [0.25, 0.3) is 5.91 Å². The lowest BCUT2D eigenvalue weighted by molar-refractivity contribution is 0.0992. The van der Waals surface area contributed by atoms with Crippen LogP contribution in [-0.2, 0) is 11.8 Å². The third-order valence-corrected chi connectivity index (χ3v) is 9.09. The second kappa shape index (κ2) is 13.1. The van der Waals surface area contributed by atoms with E-state index in [4.69, 9.17) is 5.73 Å². The Morgan fingerprint density at radius 1 is 0.943 bits per heavy atom. The van der Waals surface area contributed by atoms with Gasteiger partial charge in [0.2, 0.25) is 0 Å². The minimum atomic E-state index is -0.562. The summed E-state index contributed by atoms with van der Waals surface area (Å²) in [6, 6.07) is 16.3. The second-order valence-corrected chi connectivity index (χ2v) is 13.1. The fourth-order valence-electron chi connectivity index (χ4n) is 5.15. The van der Waals surface area contributed by atoms with Crippen molar-refractivity contribution in [1.82, 2.24) is 5.73 Å². The van der Waals surface area contributed by atoms with Gasteiger partial charge >= 0.3 is 0 Å². The van der Waals surface area contributed by atoms with Gasteiger partial charge in [-0.1, -0.05) is 120 Å². The van der Waals surface area contributed by atoms with E-state index in [1.165, 1.54) is 72.0 Å². The van der Waals surface area contributed by atoms with Crippen LogP contribution in [0, 0.1) is 0 Å². The monoisotopic (exact) mass is 486 g/mol. The highest BCUT2D eigenvalue weighted by molar-refractivity contribution is 6.55. The lowest BCUT2D eigenvalue weighted by atomic mass is 9.86. The molecule has 35 heavy (non-hydrogen) atoms. The van der Waals surface area contributed by atoms with Crippen molar-refractivity contribution < 1.29 is 4.79 Å². The Morgan fingerprint density at radius 2 is 1.66 bits per heavy atom. The van der Waals surface area contributed by atoms with E-state index in [1.807, 2.05) is 12.1 Å². The molecule has 0 unspecified atom stereocenters. The van der Waals surface area contributed by atoms with Crippen LogP contribution in [-0.4, -0.2) is 15.4 Å². The van der Waals surface area contributed by atoms with E-state index < -0.39 is 15.4 Å². The summed E-state index contributed by atoms with van der Waals surface area (Å²) in [4.78, 5) is 12.3. The van der Waals surface area contributed by atoms with E-state index in [2.05, 4.69) is 70.2 Å². The Hall–Kier alpha value is -2.39. The summed E-state index contributed by atoms with van der Waals surface area (Å²) in [6.07, 6.45) is 15.3. The van der Waals surface area contributed by atoms with Gasteiger partial charge in [-0.3, -0.25) is 10.5 Å². The van der Waals surface area contributed by atoms with Gasteiger partial charge < -0.3 is 0 Å². The van der Waals surface area contributed by atoms with Gasteiger partial charge in [0.05, 0.1) is 9.52 Å². The van der Waals surface area contributed by atoms with Crippen LogP contribution < -0.4 is 10.9 Å². The van der Waals surface area contributed by atoms with Gasteiger partial charge in [0, 0.05) is 5.56 Å². The predicted octanol–water partition coefficient (Wildman–Crippen LogP) is 7.33. The molecule has 0 saturated heterocycles. The molecular formula is C32H44NOSi. The SMILES string of the molecule is CCCCCCCCC1=C(c2c([SiH2]CCc3ccc(C(C)(C)C)cc3)cccc2C([NH])=O)CC=C1. The van der Waals surface area contributed by atoms with Crippen LogP contribution in [0.15, 0.2) is 60.2 Å². The van der Waals surface area contributed by atoms with E-state index in [1.54, 1.807) is 0 Å². The first kappa shape index (κ1) is 27.2. The lowest BCUT2D eigenvalue weighted by Crippen LogP contribution is -2.23. The van der Waals surface area contributed by atoms with Crippen LogP contribution in [0.2, 0.25) is 6.04 Å². The van der Waals surface area contributed by atoms with Crippen molar-refractivity contribution in [1.29, 1.82) is 0 Å². The number of hydrogen-bond acceptors (Lipinski definition) is 1. The predicted molar refractivity (Wildman–Crippen MR) is 154 cm³/mol. The third kappa shape index (κ3) is 7.80. The molecule has 0 aromatic heterocycles. The molecule has 0 bridgehead atoms. The summed E-state index contributed by atoms with van der Waals surface area (Å²) in [7, 11) is -0.562. The zero-order valence-electron chi connectivity index (χ0n) is 22.4. The summed E-state index contributed by atoms with van der Waals surface area (Å²) < 4.78 is 0. The van der Waals surface area contributed by atoms with Crippen LogP contribution in [0.1, 0.15) is 106 Å². The molecule has 0 atom stereocenters. The van der Waals surface area contributed by atoms with Crippen LogP contribution in [0.5, 0.6) is 0 Å². The molecule has 0 saturated carbocycles. The maximum atomic E-state index is 12.3. The molecule has 1 radical (unpaired) electrons. The zero-order chi connectivity index (χ0) is 25.3. The molecule has 187 valence electrons. The Labute approximate surface area is 215 Å². The van der Waals surface area contributed by atoms with E-state index in [-0.39, 0.29) is 5.41 Å². The van der Waals surface area contributed by atoms with Gasteiger partial charge in [-0.05, 0) is 65.0 Å². The fraction of sp³-hybridized carbons (Fsp3) is 0.469. The molecule has 2 aromatic carbocycles. The normalized spacial score (nSPS) is 13.9. The molecule has 1 aliphatic carbocycles. The molecule has 1 N–H and O–H groups in total. The van der Waals surface area contributed by atoms with Crippen LogP contribution in [0.25, 0.3) is 5.57 Å². The minimum Gasteiger partial charge on any atom is -0.267 e. The maximum Gasteiger partial charge on any atom is 0.270 e. The number of aryl methyl sites for hydroxylation is 1. The molecule has 1 aliphatic rings. The molecule has 2 nitrogen and oxygen atoms in total. The number of amides is 1. The molecule has 0 spiro atoms. The van der Waals surface area contributed by atoms with Gasteiger partial charge in [0.15, 0.2) is 0 Å². The highest BCUT2D eigenvalue weighted by Gasteiger charge is 2.21. The second-order valence-electron chi connectivity index (χ2n) is 11.1. The van der Waals surface area contributed by atoms with Gasteiger partial charge in [0.1, 0.15) is 0 Å². The molecule has 3 rings (SSSR count). The number of rotatable bonds is 13. The van der Waals surface area contributed by atoms with Crippen molar-refractivity contribution in [2.45, 2.75) is 96.9 Å². The summed E-state index contributed by atoms with van der Waals surface area (Å²) in [6.45, 7) is 9.02. The smallest absolute Gasteiger partial charge is 0.267 e. The van der Waals surface area contributed by atoms with Crippen LogP contribution in [0.3, 0.4) is 0 Å². The largest absolute Gasteiger partial charge is 0.270 e. The highest BCUT2D eigenvalue weighted by atomic mass is 28.2. The highest BCUT2D eigenvalue weighted by Crippen LogP contribution is 2.33. The van der Waals surface area contributed by atoms with Crippen molar-refractivity contribution in [2.75, 3.05) is 0 Å². The Balaban J connectivity index is 1.72. The average molecular weight is 487 g/mol. The number of hydrogen-bond donors (Lipinski definition) is 0. The van der Waals surface area contributed by atoms with Gasteiger partial charge in [-0.15, -0.1) is 0 Å². The number of carbonyl (C=O) groups excluding carboxylic acids is 1. The first-order valence-electron chi connectivity index (χ1n) is 13.7. The third-order valence-electron chi connectivity index (χ3n) is 7.26. The topological polar surface area (TPSA) is 40.9 Å². The van der Waals surface area contributed by atoms with Crippen molar-refractivity contribution in [3.05, 3.63) is 82.4 Å². The summed E-state index contributed by atoms with van der Waals surface area (Å²) >= 11 is 0. The first-order valence-corrected chi connectivity index (χ1v) is 15.4. The summed E-state index contributed by atoms with van der Waals surface area (Å²) in [5.41, 5.74) is 15.3. The lowest BCUT2D eigenvalue weighted by Gasteiger charge is -2.19. The Kier molecular flexibility index (Phi) is 10.2. The molecule has 0 aliphatic heterocycles. The Bertz CT molecular complexity index is 1040. The summed E-state index contributed by atoms with van der Waals surface area (Å²) in [5, 5.41) is 1.36. The zero-order valence-corrected chi connectivity index (χ0v) is 23.8. The fourth-order valence-corrected chi connectivity index (χ4v) is 7.07. The van der Waals surface area contributed by atoms with E-state index in [0.717, 1.165) is 24.8 Å². The number of unbranched alkanes of at least 4 members (excludes halogenated alkanes) is 5. The van der Waals surface area contributed by atoms with Gasteiger partial charge in [-0.2, -0.15) is 0 Å². The molecule has 0 heterocycles. The van der Waals surface area contributed by atoms with Crippen molar-refractivity contribution in [2.24, 2.45) is 0 Å². The maximum absolute atomic E-state index is 12.3. The molecule has 2 aromatic rings. The van der Waals surface area contributed by atoms with Crippen molar-refractivity contribution in [3.63, 3.8) is 0 Å². The summed E-state index contributed by atoms with van der Waals surface area (Å²) in [5.74, 6) is -0.549. The van der Waals surface area contributed by atoms with Gasteiger partial charge in [-0.25, -0.2) is 0 Å². The molecular weight excluding hydrogens is 442 g/mol. The quantitative estimate of drug-likeness (QED) is 0.216. The Morgan fingerprint density at radius 3 is 2.34 bits per heavy atom. The van der Waals surface area contributed by atoms with Crippen LogP contribution in [0.4, 0.5) is 0 Å². The minimum absolute atomic E-state index is 0.182. The van der Waals surface area contributed by atoms with Crippen LogP contribution >= 0.6 is 0 Å². The van der Waals surface area contributed by atoms with Crippen molar-refractivity contribution in [3.8, 4) is 0 Å². The number of nitrogens with one attached hydrogen (secondary N) is 1. The van der Waals surface area contributed by atoms with E-state index >= 15 is 0 Å². The number of benzene rings is 2. The van der Waals surface area contributed by atoms with Crippen molar-refractivity contribution >= 4 is 26.2 Å². The number of carbonyl (C=O) groups is 1. The standard InChI is InChI=1S/C32H44NOSi/c1-5-6-7-8-9-10-13-25-14-11-15-27(25)30-28(31(33)34)16-12-17-29(30)35-23-22-24-18-20-26(21-19-24)32(2,3)4/h11-12,14,16-21,33H,5-10,13,15,22-23,35H2,1-4H3. The number of allylic oxidation sites excluding steroid dienone is 4. The van der Waals surface area contributed by atoms with E-state index in [9.17, 15) is 4.79 Å². The van der Waals surface area contributed by atoms with E-state index in [0.29, 0.717) is 5.56 Å². The molecule has 3 heteroatoms. The molecule has 1 amide bonds. The first-order chi connectivity index (χ1) is 16.8. The molecule has 0 fully saturated rings.